The van der Waals surface area contributed by atoms with Crippen molar-refractivity contribution in [1.29, 1.82) is 0 Å². The third kappa shape index (κ3) is 5.40. The second-order valence-corrected chi connectivity index (χ2v) is 7.81. The third-order valence-electron chi connectivity index (χ3n) is 4.00. The van der Waals surface area contributed by atoms with Crippen LogP contribution in [0, 0.1) is 10.1 Å². The molecule has 0 amide bonds. The smallest absolute Gasteiger partial charge is 0.321 e. The second kappa shape index (κ2) is 9.32. The molecule has 31 heavy (non-hydrogen) atoms. The largest absolute Gasteiger partial charge is 0.455 e. The molecule has 2 aromatic carbocycles. The Hall–Kier alpha value is -3.84. The number of nitrogens with zero attached hydrogens (tertiary/aromatic N) is 3. The molecule has 0 aliphatic rings. The SMILES string of the molecule is CNc1ccc(S(=O)(=O)NCC(=O)OCc2nnc(-c3ccccc3)o2)cc1[N+](=O)[O-]. The minimum absolute atomic E-state index is 0.0355. The van der Waals surface area contributed by atoms with E-state index in [2.05, 4.69) is 15.5 Å². The van der Waals surface area contributed by atoms with Crippen molar-refractivity contribution in [2.24, 2.45) is 0 Å². The average molecular weight is 447 g/mol. The molecule has 12 nitrogen and oxygen atoms in total. The van der Waals surface area contributed by atoms with Gasteiger partial charge in [0.1, 0.15) is 12.2 Å². The fraction of sp³-hybridized carbons (Fsp3) is 0.167. The number of carbonyl (C=O) groups is 1. The lowest BCUT2D eigenvalue weighted by molar-refractivity contribution is -0.384. The molecule has 162 valence electrons. The molecule has 13 heteroatoms. The van der Waals surface area contributed by atoms with E-state index < -0.39 is 33.1 Å². The molecule has 0 aliphatic carbocycles. The molecule has 0 unspecified atom stereocenters. The van der Waals surface area contributed by atoms with Gasteiger partial charge in [-0.3, -0.25) is 14.9 Å². The number of nitrogens with one attached hydrogen (secondary N) is 2. The van der Waals surface area contributed by atoms with Gasteiger partial charge in [0, 0.05) is 18.7 Å². The number of anilines is 1. The van der Waals surface area contributed by atoms with E-state index in [1.807, 2.05) is 10.8 Å². The summed E-state index contributed by atoms with van der Waals surface area (Å²) in [6.45, 7) is -1.04. The molecule has 0 fully saturated rings. The first-order valence-electron chi connectivity index (χ1n) is 8.79. The third-order valence-corrected chi connectivity index (χ3v) is 5.40. The van der Waals surface area contributed by atoms with Crippen LogP contribution in [0.25, 0.3) is 11.5 Å². The fourth-order valence-corrected chi connectivity index (χ4v) is 3.47. The maximum Gasteiger partial charge on any atom is 0.321 e. The van der Waals surface area contributed by atoms with Crippen LogP contribution in [0.1, 0.15) is 5.89 Å². The van der Waals surface area contributed by atoms with Crippen LogP contribution in [0.2, 0.25) is 0 Å². The number of hydrogen-bond acceptors (Lipinski definition) is 10. The number of rotatable bonds is 9. The van der Waals surface area contributed by atoms with Gasteiger partial charge < -0.3 is 14.5 Å². The van der Waals surface area contributed by atoms with Crippen LogP contribution < -0.4 is 10.0 Å². The van der Waals surface area contributed by atoms with Crippen molar-refractivity contribution in [2.75, 3.05) is 18.9 Å². The van der Waals surface area contributed by atoms with Crippen LogP contribution in [0.4, 0.5) is 11.4 Å². The summed E-state index contributed by atoms with van der Waals surface area (Å²) < 4.78 is 37.0. The van der Waals surface area contributed by atoms with Crippen molar-refractivity contribution in [3.05, 3.63) is 64.5 Å². The molecule has 3 aromatic rings. The predicted molar refractivity (Wildman–Crippen MR) is 107 cm³/mol. The van der Waals surface area contributed by atoms with E-state index in [0.29, 0.717) is 5.56 Å². The van der Waals surface area contributed by atoms with Gasteiger partial charge in [-0.15, -0.1) is 10.2 Å². The number of aromatic nitrogens is 2. The van der Waals surface area contributed by atoms with Crippen LogP contribution in [-0.4, -0.2) is 43.1 Å². The summed E-state index contributed by atoms with van der Waals surface area (Å²) in [6.07, 6.45) is 0. The second-order valence-electron chi connectivity index (χ2n) is 6.04. The molecule has 3 rings (SSSR count). The van der Waals surface area contributed by atoms with E-state index >= 15 is 0 Å². The number of carbonyl (C=O) groups excluding carboxylic acids is 1. The maximum atomic E-state index is 12.3. The summed E-state index contributed by atoms with van der Waals surface area (Å²) >= 11 is 0. The quantitative estimate of drug-likeness (QED) is 0.280. The Kier molecular flexibility index (Phi) is 6.57. The van der Waals surface area contributed by atoms with Crippen molar-refractivity contribution < 1.29 is 27.3 Å². The zero-order valence-electron chi connectivity index (χ0n) is 16.1. The molecule has 0 saturated heterocycles. The molecule has 0 radical (unpaired) electrons. The van der Waals surface area contributed by atoms with Gasteiger partial charge in [-0.1, -0.05) is 18.2 Å². The van der Waals surface area contributed by atoms with Gasteiger partial charge in [0.25, 0.3) is 11.6 Å². The minimum Gasteiger partial charge on any atom is -0.455 e. The number of nitro groups is 1. The van der Waals surface area contributed by atoms with Crippen LogP contribution in [-0.2, 0) is 26.2 Å². The van der Waals surface area contributed by atoms with E-state index in [1.165, 1.54) is 19.2 Å². The van der Waals surface area contributed by atoms with Crippen LogP contribution >= 0.6 is 0 Å². The first-order valence-corrected chi connectivity index (χ1v) is 10.3. The van der Waals surface area contributed by atoms with Gasteiger partial charge in [-0.2, -0.15) is 4.72 Å². The van der Waals surface area contributed by atoms with E-state index in [9.17, 15) is 23.3 Å². The maximum absolute atomic E-state index is 12.3. The van der Waals surface area contributed by atoms with Crippen molar-refractivity contribution in [3.63, 3.8) is 0 Å². The van der Waals surface area contributed by atoms with Crippen LogP contribution in [0.3, 0.4) is 0 Å². The molecule has 0 bridgehead atoms. The van der Waals surface area contributed by atoms with Crippen LogP contribution in [0.5, 0.6) is 0 Å². The summed E-state index contributed by atoms with van der Waals surface area (Å²) in [7, 11) is -2.72. The molecule has 2 N–H and O–H groups in total. The van der Waals surface area contributed by atoms with Crippen molar-refractivity contribution >= 4 is 27.4 Å². The highest BCUT2D eigenvalue weighted by atomic mass is 32.2. The van der Waals surface area contributed by atoms with Crippen LogP contribution in [0.15, 0.2) is 57.8 Å². The van der Waals surface area contributed by atoms with E-state index in [1.54, 1.807) is 24.3 Å². The lowest BCUT2D eigenvalue weighted by atomic mass is 10.2. The van der Waals surface area contributed by atoms with Gasteiger partial charge in [0.2, 0.25) is 15.9 Å². The molecular formula is C18H17N5O7S. The Morgan fingerprint density at radius 2 is 1.94 bits per heavy atom. The molecule has 0 atom stereocenters. The first kappa shape index (κ1) is 21.9. The molecule has 0 aliphatic heterocycles. The van der Waals surface area contributed by atoms with Gasteiger partial charge in [0.15, 0.2) is 6.61 Å². The number of sulfonamides is 1. The molecular weight excluding hydrogens is 430 g/mol. The van der Waals surface area contributed by atoms with Gasteiger partial charge in [-0.05, 0) is 24.3 Å². The van der Waals surface area contributed by atoms with Crippen molar-refractivity contribution in [3.8, 4) is 11.5 Å². The normalized spacial score (nSPS) is 11.1. The minimum atomic E-state index is -4.19. The number of hydrogen-bond donors (Lipinski definition) is 2. The summed E-state index contributed by atoms with van der Waals surface area (Å²) in [5.74, 6) is -0.614. The highest BCUT2D eigenvalue weighted by molar-refractivity contribution is 7.89. The summed E-state index contributed by atoms with van der Waals surface area (Å²) in [5.41, 5.74) is 0.426. The van der Waals surface area contributed by atoms with Gasteiger partial charge in [-0.25, -0.2) is 8.42 Å². The monoisotopic (exact) mass is 447 g/mol. The van der Waals surface area contributed by atoms with Crippen molar-refractivity contribution in [1.82, 2.24) is 14.9 Å². The standard InChI is InChI=1S/C18H17N5O7S/c1-19-14-8-7-13(9-15(14)23(25)26)31(27,28)20-10-17(24)29-11-16-21-22-18(30-16)12-5-3-2-4-6-12/h2-9,19-20H,10-11H2,1H3. The zero-order valence-corrected chi connectivity index (χ0v) is 17.0. The van der Waals surface area contributed by atoms with Crippen molar-refractivity contribution in [2.45, 2.75) is 11.5 Å². The highest BCUT2D eigenvalue weighted by Gasteiger charge is 2.22. The Morgan fingerprint density at radius 1 is 1.19 bits per heavy atom. The Labute approximate surface area is 176 Å². The summed E-state index contributed by atoms with van der Waals surface area (Å²) in [4.78, 5) is 21.9. The van der Waals surface area contributed by atoms with E-state index in [4.69, 9.17) is 9.15 Å². The first-order chi connectivity index (χ1) is 14.8. The lowest BCUT2D eigenvalue weighted by Gasteiger charge is -2.08. The predicted octanol–water partition coefficient (Wildman–Crippen LogP) is 1.71. The topological polar surface area (TPSA) is 167 Å². The summed E-state index contributed by atoms with van der Waals surface area (Å²) in [6, 6.07) is 12.3. The highest BCUT2D eigenvalue weighted by Crippen LogP contribution is 2.27. The lowest BCUT2D eigenvalue weighted by Crippen LogP contribution is -2.30. The number of benzene rings is 2. The Bertz CT molecular complexity index is 1200. The van der Waals surface area contributed by atoms with Gasteiger partial charge in [0.05, 0.1) is 9.82 Å². The Balaban J connectivity index is 1.57. The number of esters is 1. The fourth-order valence-electron chi connectivity index (χ4n) is 2.48. The van der Waals surface area contributed by atoms with Gasteiger partial charge >= 0.3 is 5.97 Å². The Morgan fingerprint density at radius 3 is 2.61 bits per heavy atom. The van der Waals surface area contributed by atoms with E-state index in [-0.39, 0.29) is 29.0 Å². The molecule has 0 saturated carbocycles. The zero-order chi connectivity index (χ0) is 22.4. The molecule has 1 heterocycles. The number of nitro benzene ring substituents is 1. The average Bonchev–Trinajstić information content (AvgIpc) is 3.25. The molecule has 0 spiro atoms. The molecule has 1 aromatic heterocycles. The number of ether oxygens (including phenoxy) is 1. The van der Waals surface area contributed by atoms with E-state index in [0.717, 1.165) is 6.07 Å². The summed E-state index contributed by atoms with van der Waals surface area (Å²) in [5, 5.41) is 21.3.